The number of aromatic nitrogens is 3. The molecule has 5 rings (SSSR count). The van der Waals surface area contributed by atoms with Gasteiger partial charge >= 0.3 is 6.09 Å². The summed E-state index contributed by atoms with van der Waals surface area (Å²) in [5, 5.41) is 37.4. The van der Waals surface area contributed by atoms with Crippen molar-refractivity contribution in [2.45, 2.75) is 108 Å². The predicted octanol–water partition coefficient (Wildman–Crippen LogP) is 2.55. The van der Waals surface area contributed by atoms with E-state index in [0.29, 0.717) is 18.4 Å². The number of nitrogens with zero attached hydrogens (tertiary/aromatic N) is 4. The molecule has 2 fully saturated rings. The number of nitrogens with one attached hydrogen (secondary N) is 3. The molecule has 1 unspecified atom stereocenters. The molecule has 4 atom stereocenters. The number of likely N-dealkylation sites (tertiary alicyclic amines) is 1. The van der Waals surface area contributed by atoms with E-state index in [1.807, 2.05) is 30.3 Å². The van der Waals surface area contributed by atoms with Crippen LogP contribution in [0.2, 0.25) is 0 Å². The van der Waals surface area contributed by atoms with Gasteiger partial charge in [-0.1, -0.05) is 67.6 Å². The number of carbonyl (C=O) groups excluding carboxylic acids is 5. The van der Waals surface area contributed by atoms with Crippen LogP contribution in [0.3, 0.4) is 0 Å². The van der Waals surface area contributed by atoms with E-state index in [-0.39, 0.29) is 44.0 Å². The van der Waals surface area contributed by atoms with E-state index in [4.69, 9.17) is 10.8 Å². The Kier molecular flexibility index (Phi) is 13.0. The number of benzene rings is 2. The second-order valence-corrected chi connectivity index (χ2v) is 14.9. The van der Waals surface area contributed by atoms with Gasteiger partial charge in [0.05, 0.1) is 18.3 Å². The third kappa shape index (κ3) is 10.2. The topological polar surface area (TPSA) is 239 Å². The first-order chi connectivity index (χ1) is 25.7. The van der Waals surface area contributed by atoms with E-state index in [9.17, 15) is 33.9 Å². The summed E-state index contributed by atoms with van der Waals surface area (Å²) in [6.07, 6.45) is 6.32. The van der Waals surface area contributed by atoms with Gasteiger partial charge in [-0.2, -0.15) is 0 Å². The molecule has 3 aromatic rings. The van der Waals surface area contributed by atoms with Gasteiger partial charge in [0.2, 0.25) is 17.6 Å². The summed E-state index contributed by atoms with van der Waals surface area (Å²) in [6, 6.07) is 8.98. The molecule has 54 heavy (non-hydrogen) atoms. The fourth-order valence-electron chi connectivity index (χ4n) is 7.36. The van der Waals surface area contributed by atoms with Crippen molar-refractivity contribution in [2.75, 3.05) is 13.1 Å². The number of amides is 5. The quantitative estimate of drug-likeness (QED) is 0.0925. The molecule has 0 radical (unpaired) electrons. The van der Waals surface area contributed by atoms with Gasteiger partial charge in [-0.05, 0) is 68.4 Å². The van der Waals surface area contributed by atoms with E-state index in [2.05, 4.69) is 26.3 Å². The second kappa shape index (κ2) is 17.6. The second-order valence-electron chi connectivity index (χ2n) is 14.9. The Morgan fingerprint density at radius 3 is 2.35 bits per heavy atom. The summed E-state index contributed by atoms with van der Waals surface area (Å²) in [6.45, 7) is 3.23. The first kappa shape index (κ1) is 39.8. The van der Waals surface area contributed by atoms with E-state index in [1.54, 1.807) is 32.2 Å². The largest absolute Gasteiger partial charge is 0.465 e. The Morgan fingerprint density at radius 2 is 1.69 bits per heavy atom. The summed E-state index contributed by atoms with van der Waals surface area (Å²) >= 11 is 0. The van der Waals surface area contributed by atoms with Crippen molar-refractivity contribution >= 4 is 46.3 Å². The molecule has 1 saturated heterocycles. The number of primary amides is 1. The Morgan fingerprint density at radius 1 is 0.963 bits per heavy atom. The SMILES string of the molecule is CC(C)(O)c1cn([C@H]2C[C@@H](C(=O)NC(CCCCNC(=O)O)C(=O)C(N)=O)N(C(=O)[C@@H](CC3CCCCC3)NC(=O)c3ccc4ccccc4c3)C2)nn1. The predicted molar refractivity (Wildman–Crippen MR) is 197 cm³/mol. The highest BCUT2D eigenvalue weighted by molar-refractivity contribution is 6.37. The van der Waals surface area contributed by atoms with Crippen LogP contribution in [-0.4, -0.2) is 96.8 Å². The Hall–Kier alpha value is -5.38. The fourth-order valence-corrected chi connectivity index (χ4v) is 7.36. The zero-order valence-corrected chi connectivity index (χ0v) is 30.7. The number of Topliss-reactive ketones (excluding diaryl/α,β-unsaturated/α-hetero) is 1. The molecule has 16 nitrogen and oxygen atoms in total. The molecular weight excluding hydrogens is 696 g/mol. The minimum Gasteiger partial charge on any atom is -0.465 e. The van der Waals surface area contributed by atoms with Crippen molar-refractivity contribution < 1.29 is 39.0 Å². The Bertz CT molecular complexity index is 1850. The number of fused-ring (bicyclic) bond motifs is 1. The summed E-state index contributed by atoms with van der Waals surface area (Å²) in [7, 11) is 0. The highest BCUT2D eigenvalue weighted by atomic mass is 16.4. The van der Waals surface area contributed by atoms with Crippen LogP contribution in [0.4, 0.5) is 4.79 Å². The standard InChI is InChI=1S/C38H50N8O8/c1-38(2,54)31-22-46(44-43-31)27-20-30(35(50)41-28(32(47)33(39)48)14-8-9-17-40-37(52)53)45(21-27)36(51)29(18-23-10-4-3-5-11-23)42-34(49)26-16-15-24-12-6-7-13-25(24)19-26/h6-7,12-13,15-16,19,22-23,27-30,40,54H,3-5,8-11,14,17-18,20-21H2,1-2H3,(H2,39,48)(H,41,50)(H,42,49)(H,52,53)/t27-,28?,29+,30-/m0/s1. The summed E-state index contributed by atoms with van der Waals surface area (Å²) in [5.41, 5.74) is 4.70. The van der Waals surface area contributed by atoms with Gasteiger partial charge in [-0.15, -0.1) is 5.10 Å². The fraction of sp³-hybridized carbons (Fsp3) is 0.526. The van der Waals surface area contributed by atoms with Crippen molar-refractivity contribution in [1.82, 2.24) is 35.8 Å². The number of carbonyl (C=O) groups is 6. The van der Waals surface area contributed by atoms with Crippen LogP contribution in [0.15, 0.2) is 48.7 Å². The van der Waals surface area contributed by atoms with Gasteiger partial charge in [0.25, 0.3) is 11.8 Å². The summed E-state index contributed by atoms with van der Waals surface area (Å²) in [5.74, 6) is -3.69. The third-order valence-corrected chi connectivity index (χ3v) is 10.4. The van der Waals surface area contributed by atoms with Crippen molar-refractivity contribution in [3.8, 4) is 0 Å². The van der Waals surface area contributed by atoms with Gasteiger partial charge in [0, 0.05) is 25.1 Å². The molecule has 7 N–H and O–H groups in total. The summed E-state index contributed by atoms with van der Waals surface area (Å²) < 4.78 is 1.49. The van der Waals surface area contributed by atoms with Crippen molar-refractivity contribution in [3.05, 3.63) is 59.9 Å². The molecule has 2 aliphatic rings. The molecule has 5 amide bonds. The normalized spacial score (nSPS) is 18.8. The third-order valence-electron chi connectivity index (χ3n) is 10.4. The highest BCUT2D eigenvalue weighted by Gasteiger charge is 2.45. The zero-order valence-electron chi connectivity index (χ0n) is 30.7. The number of hydrogen-bond donors (Lipinski definition) is 6. The van der Waals surface area contributed by atoms with Crippen LogP contribution in [0.25, 0.3) is 10.8 Å². The number of unbranched alkanes of at least 4 members (excludes halogenated alkanes) is 1. The molecule has 290 valence electrons. The lowest BCUT2D eigenvalue weighted by molar-refractivity contribution is -0.142. The molecule has 2 aromatic carbocycles. The van der Waals surface area contributed by atoms with Crippen LogP contribution in [0.5, 0.6) is 0 Å². The average Bonchev–Trinajstić information content (AvgIpc) is 3.82. The minimum absolute atomic E-state index is 0.00302. The lowest BCUT2D eigenvalue weighted by Gasteiger charge is -2.32. The van der Waals surface area contributed by atoms with Crippen LogP contribution in [0, 0.1) is 5.92 Å². The molecule has 1 aromatic heterocycles. The molecule has 0 bridgehead atoms. The average molecular weight is 747 g/mol. The maximum atomic E-state index is 14.7. The first-order valence-electron chi connectivity index (χ1n) is 18.6. The van der Waals surface area contributed by atoms with E-state index >= 15 is 0 Å². The smallest absolute Gasteiger partial charge is 0.404 e. The van der Waals surface area contributed by atoms with E-state index in [0.717, 1.165) is 42.9 Å². The lowest BCUT2D eigenvalue weighted by Crippen LogP contribution is -2.56. The lowest BCUT2D eigenvalue weighted by atomic mass is 9.84. The van der Waals surface area contributed by atoms with E-state index < -0.39 is 65.3 Å². The Balaban J connectivity index is 1.42. The van der Waals surface area contributed by atoms with Gasteiger partial charge < -0.3 is 36.8 Å². The minimum atomic E-state index is -1.31. The van der Waals surface area contributed by atoms with Crippen molar-refractivity contribution in [1.29, 1.82) is 0 Å². The maximum absolute atomic E-state index is 14.7. The van der Waals surface area contributed by atoms with Crippen LogP contribution >= 0.6 is 0 Å². The van der Waals surface area contributed by atoms with Crippen LogP contribution < -0.4 is 21.7 Å². The van der Waals surface area contributed by atoms with Gasteiger partial charge in [-0.25, -0.2) is 9.48 Å². The summed E-state index contributed by atoms with van der Waals surface area (Å²) in [4.78, 5) is 79.7. The van der Waals surface area contributed by atoms with Gasteiger partial charge in [-0.3, -0.25) is 24.0 Å². The number of rotatable bonds is 16. The number of ketones is 1. The number of nitrogens with two attached hydrogens (primary N) is 1. The molecular formula is C38H50N8O8. The molecule has 1 saturated carbocycles. The molecule has 16 heteroatoms. The molecule has 1 aliphatic heterocycles. The first-order valence-corrected chi connectivity index (χ1v) is 18.6. The highest BCUT2D eigenvalue weighted by Crippen LogP contribution is 2.32. The monoisotopic (exact) mass is 746 g/mol. The van der Waals surface area contributed by atoms with Gasteiger partial charge in [0.15, 0.2) is 0 Å². The van der Waals surface area contributed by atoms with Gasteiger partial charge in [0.1, 0.15) is 23.4 Å². The molecule has 1 aliphatic carbocycles. The van der Waals surface area contributed by atoms with Crippen molar-refractivity contribution in [2.24, 2.45) is 11.7 Å². The number of aliphatic hydroxyl groups is 1. The maximum Gasteiger partial charge on any atom is 0.404 e. The van der Waals surface area contributed by atoms with Crippen LogP contribution in [-0.2, 0) is 24.8 Å². The van der Waals surface area contributed by atoms with Crippen molar-refractivity contribution in [3.63, 3.8) is 0 Å². The van der Waals surface area contributed by atoms with Crippen LogP contribution in [0.1, 0.15) is 100 Å². The molecule has 2 heterocycles. The Labute approximate surface area is 313 Å². The number of hydrogen-bond acceptors (Lipinski definition) is 9. The van der Waals surface area contributed by atoms with E-state index in [1.165, 1.54) is 9.58 Å². The molecule has 0 spiro atoms. The number of carboxylic acid groups (broad SMARTS) is 1. The zero-order chi connectivity index (χ0) is 39.0.